The molecule has 1 aromatic heterocycles. The maximum atomic E-state index is 12.8. The molecule has 0 fully saturated rings. The third-order valence-electron chi connectivity index (χ3n) is 3.06. The number of hydrogen-bond donors (Lipinski definition) is 2. The molecule has 3 rings (SSSR count). The van der Waals surface area contributed by atoms with Gasteiger partial charge >= 0.3 is 0 Å². The first kappa shape index (κ1) is 14.7. The van der Waals surface area contributed by atoms with Crippen molar-refractivity contribution in [2.75, 3.05) is 5.32 Å². The molecule has 23 heavy (non-hydrogen) atoms. The Labute approximate surface area is 131 Å². The van der Waals surface area contributed by atoms with Crippen molar-refractivity contribution < 1.29 is 13.9 Å². The Morgan fingerprint density at radius 3 is 2.78 bits per heavy atom. The molecule has 1 heterocycles. The molecule has 0 aliphatic rings. The van der Waals surface area contributed by atoms with Crippen LogP contribution >= 0.6 is 0 Å². The second-order valence-corrected chi connectivity index (χ2v) is 4.73. The van der Waals surface area contributed by atoms with E-state index in [1.165, 1.54) is 18.5 Å². The zero-order valence-electron chi connectivity index (χ0n) is 12.0. The van der Waals surface area contributed by atoms with E-state index in [4.69, 9.17) is 4.74 Å². The Kier molecular flexibility index (Phi) is 4.28. The molecule has 0 atom stereocenters. The van der Waals surface area contributed by atoms with E-state index in [2.05, 4.69) is 20.5 Å². The van der Waals surface area contributed by atoms with Gasteiger partial charge in [0.1, 0.15) is 24.5 Å². The topological polar surface area (TPSA) is 79.9 Å². The third kappa shape index (κ3) is 3.91. The maximum Gasteiger partial charge on any atom is 0.258 e. The van der Waals surface area contributed by atoms with Gasteiger partial charge in [0.05, 0.1) is 0 Å². The zero-order valence-corrected chi connectivity index (χ0v) is 12.0. The summed E-state index contributed by atoms with van der Waals surface area (Å²) in [6.45, 7) is 0.285. The van der Waals surface area contributed by atoms with Crippen LogP contribution in [0.2, 0.25) is 0 Å². The van der Waals surface area contributed by atoms with Crippen LogP contribution in [0.4, 0.5) is 10.3 Å². The Bertz CT molecular complexity index is 788. The van der Waals surface area contributed by atoms with E-state index in [9.17, 15) is 9.18 Å². The minimum atomic E-state index is -0.325. The number of aromatic nitrogens is 3. The fourth-order valence-electron chi connectivity index (χ4n) is 1.92. The number of ether oxygens (including phenoxy) is 1. The smallest absolute Gasteiger partial charge is 0.258 e. The SMILES string of the molecule is O=C(Nc1ncn[nH]1)c1cccc(OCc2ccc(F)cc2)c1. The lowest BCUT2D eigenvalue weighted by Crippen LogP contribution is -2.13. The second kappa shape index (κ2) is 6.69. The van der Waals surface area contributed by atoms with Crippen molar-refractivity contribution in [2.24, 2.45) is 0 Å². The predicted molar refractivity (Wildman–Crippen MR) is 81.5 cm³/mol. The largest absolute Gasteiger partial charge is 0.489 e. The van der Waals surface area contributed by atoms with Gasteiger partial charge in [0.2, 0.25) is 5.95 Å². The predicted octanol–water partition coefficient (Wildman–Crippen LogP) is 2.78. The first-order valence-electron chi connectivity index (χ1n) is 6.85. The third-order valence-corrected chi connectivity index (χ3v) is 3.06. The van der Waals surface area contributed by atoms with Crippen molar-refractivity contribution in [2.45, 2.75) is 6.61 Å². The molecule has 0 spiro atoms. The molecule has 2 aromatic carbocycles. The Morgan fingerprint density at radius 1 is 1.22 bits per heavy atom. The van der Waals surface area contributed by atoms with E-state index in [1.54, 1.807) is 36.4 Å². The average Bonchev–Trinajstić information content (AvgIpc) is 3.07. The van der Waals surface area contributed by atoms with Gasteiger partial charge in [0.15, 0.2) is 0 Å². The molecule has 0 bridgehead atoms. The Hall–Kier alpha value is -3.22. The molecule has 0 saturated carbocycles. The van der Waals surface area contributed by atoms with Gasteiger partial charge in [-0.15, -0.1) is 0 Å². The number of anilines is 1. The summed E-state index contributed by atoms with van der Waals surface area (Å²) in [6.07, 6.45) is 1.30. The number of halogens is 1. The van der Waals surface area contributed by atoms with E-state index in [-0.39, 0.29) is 24.3 Å². The molecule has 116 valence electrons. The minimum Gasteiger partial charge on any atom is -0.489 e. The van der Waals surface area contributed by atoms with Crippen LogP contribution < -0.4 is 10.1 Å². The van der Waals surface area contributed by atoms with Crippen LogP contribution in [0.1, 0.15) is 15.9 Å². The van der Waals surface area contributed by atoms with Gasteiger partial charge in [-0.25, -0.2) is 9.49 Å². The highest BCUT2D eigenvalue weighted by atomic mass is 19.1. The summed E-state index contributed by atoms with van der Waals surface area (Å²) in [5.41, 5.74) is 1.26. The molecular weight excluding hydrogens is 299 g/mol. The first-order chi connectivity index (χ1) is 11.2. The summed E-state index contributed by atoms with van der Waals surface area (Å²) < 4.78 is 18.5. The number of benzene rings is 2. The molecule has 3 aromatic rings. The van der Waals surface area contributed by atoms with Crippen LogP contribution in [-0.2, 0) is 6.61 Å². The monoisotopic (exact) mass is 312 g/mol. The van der Waals surface area contributed by atoms with Gasteiger partial charge in [0, 0.05) is 5.56 Å². The summed E-state index contributed by atoms with van der Waals surface area (Å²) in [5, 5.41) is 8.78. The average molecular weight is 312 g/mol. The summed E-state index contributed by atoms with van der Waals surface area (Å²) in [7, 11) is 0. The van der Waals surface area contributed by atoms with Crippen LogP contribution in [-0.4, -0.2) is 21.1 Å². The lowest BCUT2D eigenvalue weighted by atomic mass is 10.2. The maximum absolute atomic E-state index is 12.8. The van der Waals surface area contributed by atoms with Crippen molar-refractivity contribution in [3.8, 4) is 5.75 Å². The Morgan fingerprint density at radius 2 is 2.04 bits per heavy atom. The summed E-state index contributed by atoms with van der Waals surface area (Å²) >= 11 is 0. The minimum absolute atomic E-state index is 0.271. The van der Waals surface area contributed by atoms with Crippen LogP contribution in [0.15, 0.2) is 54.9 Å². The zero-order chi connectivity index (χ0) is 16.1. The number of nitrogens with one attached hydrogen (secondary N) is 2. The number of hydrogen-bond acceptors (Lipinski definition) is 4. The molecule has 0 radical (unpaired) electrons. The second-order valence-electron chi connectivity index (χ2n) is 4.73. The molecule has 1 amide bonds. The van der Waals surface area contributed by atoms with E-state index in [0.717, 1.165) is 5.56 Å². The number of rotatable bonds is 5. The van der Waals surface area contributed by atoms with Gasteiger partial charge in [-0.1, -0.05) is 18.2 Å². The van der Waals surface area contributed by atoms with Crippen LogP contribution in [0.25, 0.3) is 0 Å². The lowest BCUT2D eigenvalue weighted by Gasteiger charge is -2.08. The lowest BCUT2D eigenvalue weighted by molar-refractivity contribution is 0.102. The Balaban J connectivity index is 1.64. The fraction of sp³-hybridized carbons (Fsp3) is 0.0625. The number of H-pyrrole nitrogens is 1. The molecule has 6 nitrogen and oxygen atoms in total. The summed E-state index contributed by atoms with van der Waals surface area (Å²) in [5.74, 6) is 0.195. The standard InChI is InChI=1S/C16H13FN4O2/c17-13-6-4-11(5-7-13)9-23-14-3-1-2-12(8-14)15(22)20-16-18-10-19-21-16/h1-8,10H,9H2,(H2,18,19,20,21,22). The van der Waals surface area contributed by atoms with Gasteiger partial charge in [-0.2, -0.15) is 10.1 Å². The van der Waals surface area contributed by atoms with Crippen molar-refractivity contribution in [1.82, 2.24) is 15.2 Å². The highest BCUT2D eigenvalue weighted by Crippen LogP contribution is 2.16. The first-order valence-corrected chi connectivity index (χ1v) is 6.85. The van der Waals surface area contributed by atoms with Gasteiger partial charge < -0.3 is 4.74 Å². The van der Waals surface area contributed by atoms with Gasteiger partial charge in [-0.05, 0) is 35.9 Å². The summed E-state index contributed by atoms with van der Waals surface area (Å²) in [4.78, 5) is 15.9. The highest BCUT2D eigenvalue weighted by Gasteiger charge is 2.08. The van der Waals surface area contributed by atoms with Crippen LogP contribution in [0.5, 0.6) is 5.75 Å². The highest BCUT2D eigenvalue weighted by molar-refractivity contribution is 6.03. The fourth-order valence-corrected chi connectivity index (χ4v) is 1.92. The molecule has 7 heteroatoms. The number of aromatic amines is 1. The molecule has 2 N–H and O–H groups in total. The number of carbonyl (C=O) groups excluding carboxylic acids is 1. The quantitative estimate of drug-likeness (QED) is 0.759. The van der Waals surface area contributed by atoms with Crippen molar-refractivity contribution in [3.63, 3.8) is 0 Å². The van der Waals surface area contributed by atoms with Crippen molar-refractivity contribution in [1.29, 1.82) is 0 Å². The van der Waals surface area contributed by atoms with Crippen LogP contribution in [0, 0.1) is 5.82 Å². The normalized spacial score (nSPS) is 10.3. The number of carbonyl (C=O) groups is 1. The molecule has 0 aliphatic heterocycles. The van der Waals surface area contributed by atoms with E-state index < -0.39 is 0 Å². The molecule has 0 aliphatic carbocycles. The molecular formula is C16H13FN4O2. The number of nitrogens with zero attached hydrogens (tertiary/aromatic N) is 2. The molecule has 0 unspecified atom stereocenters. The number of amides is 1. The van der Waals surface area contributed by atoms with Crippen molar-refractivity contribution in [3.05, 3.63) is 71.8 Å². The van der Waals surface area contributed by atoms with E-state index >= 15 is 0 Å². The van der Waals surface area contributed by atoms with Crippen molar-refractivity contribution >= 4 is 11.9 Å². The van der Waals surface area contributed by atoms with E-state index in [1.807, 2.05) is 0 Å². The van der Waals surface area contributed by atoms with Gasteiger partial charge in [-0.3, -0.25) is 10.1 Å². The van der Waals surface area contributed by atoms with Crippen LogP contribution in [0.3, 0.4) is 0 Å². The van der Waals surface area contributed by atoms with E-state index in [0.29, 0.717) is 11.3 Å². The van der Waals surface area contributed by atoms with Gasteiger partial charge in [0.25, 0.3) is 5.91 Å². The molecule has 0 saturated heterocycles. The summed E-state index contributed by atoms with van der Waals surface area (Å²) in [6, 6.07) is 12.8.